The Morgan fingerprint density at radius 3 is 2.41 bits per heavy atom. The largest absolute Gasteiger partial charge is 0.312 e. The van der Waals surface area contributed by atoms with Crippen molar-refractivity contribution in [2.24, 2.45) is 5.92 Å². The van der Waals surface area contributed by atoms with E-state index in [0.717, 1.165) is 35.2 Å². The molecule has 1 aliphatic heterocycles. The molecule has 1 aliphatic rings. The average Bonchev–Trinajstić information content (AvgIpc) is 3.09. The van der Waals surface area contributed by atoms with Crippen molar-refractivity contribution in [3.05, 3.63) is 59.2 Å². The fraction of sp³-hybridized carbons (Fsp3) is 0.381. The van der Waals surface area contributed by atoms with Gasteiger partial charge >= 0.3 is 0 Å². The Labute approximate surface area is 161 Å². The number of benzene rings is 2. The molecule has 0 aliphatic carbocycles. The van der Waals surface area contributed by atoms with E-state index in [1.807, 2.05) is 56.0 Å². The smallest absolute Gasteiger partial charge is 0.240 e. The van der Waals surface area contributed by atoms with Crippen molar-refractivity contribution in [3.8, 4) is 0 Å². The molecule has 0 saturated carbocycles. The lowest BCUT2D eigenvalue weighted by Gasteiger charge is -2.19. The first-order chi connectivity index (χ1) is 12.8. The second-order valence-corrected chi connectivity index (χ2v) is 8.95. The van der Waals surface area contributed by atoms with E-state index in [2.05, 4.69) is 4.72 Å². The molecule has 144 valence electrons. The molecule has 1 amide bonds. The average molecular weight is 387 g/mol. The molecule has 0 atom stereocenters. The van der Waals surface area contributed by atoms with E-state index in [1.165, 1.54) is 0 Å². The van der Waals surface area contributed by atoms with Crippen molar-refractivity contribution >= 4 is 21.6 Å². The van der Waals surface area contributed by atoms with Crippen molar-refractivity contribution in [1.29, 1.82) is 0 Å². The van der Waals surface area contributed by atoms with Gasteiger partial charge in [-0.15, -0.1) is 0 Å². The lowest BCUT2D eigenvalue weighted by Crippen LogP contribution is -2.32. The number of anilines is 1. The lowest BCUT2D eigenvalue weighted by atomic mass is 10.1. The van der Waals surface area contributed by atoms with Gasteiger partial charge in [-0.25, -0.2) is 13.1 Å². The summed E-state index contributed by atoms with van der Waals surface area (Å²) in [5.41, 5.74) is 4.03. The van der Waals surface area contributed by atoms with Crippen LogP contribution in [0.3, 0.4) is 0 Å². The second-order valence-electron chi connectivity index (χ2n) is 7.18. The second kappa shape index (κ2) is 7.82. The molecule has 0 radical (unpaired) electrons. The highest BCUT2D eigenvalue weighted by Gasteiger charge is 2.26. The summed E-state index contributed by atoms with van der Waals surface area (Å²) in [5, 5.41) is 0. The highest BCUT2D eigenvalue weighted by atomic mass is 32.2. The molecule has 0 saturated heterocycles. The van der Waals surface area contributed by atoms with Crippen LogP contribution in [0.1, 0.15) is 37.5 Å². The SMILES string of the molecule is CCc1ccc(S(=O)(=O)NCc2ccc3c(c2)CCN3C(=O)C(C)C)cc1. The molecule has 3 rings (SSSR count). The molecule has 0 unspecified atom stereocenters. The molecule has 5 nitrogen and oxygen atoms in total. The minimum absolute atomic E-state index is 0.0402. The number of aryl methyl sites for hydroxylation is 1. The Morgan fingerprint density at radius 2 is 1.78 bits per heavy atom. The first-order valence-electron chi connectivity index (χ1n) is 9.33. The summed E-state index contributed by atoms with van der Waals surface area (Å²) in [5.74, 6) is 0.0826. The normalized spacial score (nSPS) is 13.9. The number of sulfonamides is 1. The summed E-state index contributed by atoms with van der Waals surface area (Å²) in [4.78, 5) is 14.4. The van der Waals surface area contributed by atoms with Crippen LogP contribution in [0.25, 0.3) is 0 Å². The standard InChI is InChI=1S/C21H26N2O3S/c1-4-16-5-8-19(9-6-16)27(25,26)22-14-17-7-10-20-18(13-17)11-12-23(20)21(24)15(2)3/h5-10,13,15,22H,4,11-12,14H2,1-3H3. The van der Waals surface area contributed by atoms with Gasteiger partial charge in [-0.05, 0) is 47.7 Å². The molecular weight excluding hydrogens is 360 g/mol. The Balaban J connectivity index is 1.71. The Kier molecular flexibility index (Phi) is 5.67. The van der Waals surface area contributed by atoms with Gasteiger partial charge < -0.3 is 4.90 Å². The van der Waals surface area contributed by atoms with Gasteiger partial charge in [0.1, 0.15) is 0 Å². The maximum Gasteiger partial charge on any atom is 0.240 e. The lowest BCUT2D eigenvalue weighted by molar-refractivity contribution is -0.121. The maximum absolute atomic E-state index is 12.5. The fourth-order valence-corrected chi connectivity index (χ4v) is 4.29. The molecule has 0 fully saturated rings. The molecule has 1 N–H and O–H groups in total. The van der Waals surface area contributed by atoms with Crippen LogP contribution in [-0.2, 0) is 34.2 Å². The van der Waals surface area contributed by atoms with Crippen LogP contribution < -0.4 is 9.62 Å². The summed E-state index contributed by atoms with van der Waals surface area (Å²) in [7, 11) is -3.55. The monoisotopic (exact) mass is 386 g/mol. The zero-order valence-corrected chi connectivity index (χ0v) is 16.8. The molecule has 6 heteroatoms. The first kappa shape index (κ1) is 19.6. The summed E-state index contributed by atoms with van der Waals surface area (Å²) >= 11 is 0. The Hall–Kier alpha value is -2.18. The van der Waals surface area contributed by atoms with Crippen molar-refractivity contribution in [2.75, 3.05) is 11.4 Å². The number of rotatable bonds is 6. The topological polar surface area (TPSA) is 66.5 Å². The third-order valence-corrected chi connectivity index (χ3v) is 6.32. The molecule has 27 heavy (non-hydrogen) atoms. The van der Waals surface area contributed by atoms with Crippen LogP contribution in [0.15, 0.2) is 47.4 Å². The number of fused-ring (bicyclic) bond motifs is 1. The number of nitrogens with one attached hydrogen (secondary N) is 1. The number of nitrogens with zero attached hydrogens (tertiary/aromatic N) is 1. The summed E-state index contributed by atoms with van der Waals surface area (Å²) in [6.45, 7) is 6.74. The molecule has 0 aromatic heterocycles. The van der Waals surface area contributed by atoms with Crippen LogP contribution in [0.4, 0.5) is 5.69 Å². The van der Waals surface area contributed by atoms with E-state index in [4.69, 9.17) is 0 Å². The van der Waals surface area contributed by atoms with Crippen molar-refractivity contribution in [1.82, 2.24) is 4.72 Å². The highest BCUT2D eigenvalue weighted by Crippen LogP contribution is 2.30. The zero-order chi connectivity index (χ0) is 19.6. The maximum atomic E-state index is 12.5. The van der Waals surface area contributed by atoms with Crippen molar-refractivity contribution < 1.29 is 13.2 Å². The van der Waals surface area contributed by atoms with Crippen LogP contribution >= 0.6 is 0 Å². The molecule has 1 heterocycles. The highest BCUT2D eigenvalue weighted by molar-refractivity contribution is 7.89. The minimum Gasteiger partial charge on any atom is -0.312 e. The third kappa shape index (κ3) is 4.22. The van der Waals surface area contributed by atoms with Gasteiger partial charge in [0.15, 0.2) is 0 Å². The van der Waals surface area contributed by atoms with Crippen LogP contribution in [0, 0.1) is 5.92 Å². The van der Waals surface area contributed by atoms with E-state index < -0.39 is 10.0 Å². The van der Waals surface area contributed by atoms with Crippen LogP contribution in [0.5, 0.6) is 0 Å². The first-order valence-corrected chi connectivity index (χ1v) is 10.8. The van der Waals surface area contributed by atoms with E-state index in [9.17, 15) is 13.2 Å². The number of hydrogen-bond donors (Lipinski definition) is 1. The molecule has 2 aromatic rings. The van der Waals surface area contributed by atoms with Gasteiger partial charge in [-0.1, -0.05) is 45.0 Å². The van der Waals surface area contributed by atoms with Gasteiger partial charge in [0.25, 0.3) is 0 Å². The minimum atomic E-state index is -3.55. The number of hydrogen-bond acceptors (Lipinski definition) is 3. The quantitative estimate of drug-likeness (QED) is 0.829. The van der Waals surface area contributed by atoms with Crippen molar-refractivity contribution in [3.63, 3.8) is 0 Å². The Morgan fingerprint density at radius 1 is 1.11 bits per heavy atom. The van der Waals surface area contributed by atoms with Gasteiger partial charge in [0.2, 0.25) is 15.9 Å². The van der Waals surface area contributed by atoms with E-state index in [1.54, 1.807) is 12.1 Å². The van der Waals surface area contributed by atoms with Gasteiger partial charge in [-0.2, -0.15) is 0 Å². The van der Waals surface area contributed by atoms with E-state index >= 15 is 0 Å². The molecule has 0 spiro atoms. The fourth-order valence-electron chi connectivity index (χ4n) is 3.27. The van der Waals surface area contributed by atoms with E-state index in [0.29, 0.717) is 6.54 Å². The third-order valence-electron chi connectivity index (χ3n) is 4.91. The number of amides is 1. The van der Waals surface area contributed by atoms with Gasteiger partial charge in [-0.3, -0.25) is 4.79 Å². The predicted octanol–water partition coefficient (Wildman–Crippen LogP) is 3.27. The zero-order valence-electron chi connectivity index (χ0n) is 16.0. The Bertz CT molecular complexity index is 934. The summed E-state index contributed by atoms with van der Waals surface area (Å²) in [6, 6.07) is 12.7. The van der Waals surface area contributed by atoms with E-state index in [-0.39, 0.29) is 23.3 Å². The summed E-state index contributed by atoms with van der Waals surface area (Å²) in [6.07, 6.45) is 1.67. The van der Waals surface area contributed by atoms with Crippen molar-refractivity contribution in [2.45, 2.75) is 45.1 Å². The van der Waals surface area contributed by atoms with Crippen LogP contribution in [0.2, 0.25) is 0 Å². The summed E-state index contributed by atoms with van der Waals surface area (Å²) < 4.78 is 27.6. The number of carbonyl (C=O) groups is 1. The predicted molar refractivity (Wildman–Crippen MR) is 107 cm³/mol. The van der Waals surface area contributed by atoms with Gasteiger partial charge in [0.05, 0.1) is 4.90 Å². The molecular formula is C21H26N2O3S. The number of carbonyl (C=O) groups excluding carboxylic acids is 1. The van der Waals surface area contributed by atoms with Gasteiger partial charge in [0, 0.05) is 24.7 Å². The molecule has 0 bridgehead atoms. The van der Waals surface area contributed by atoms with Crippen LogP contribution in [-0.4, -0.2) is 20.9 Å². The molecule has 2 aromatic carbocycles.